The molecule has 2 nitrogen and oxygen atoms in total. The highest BCUT2D eigenvalue weighted by Gasteiger charge is 2.26. The van der Waals surface area contributed by atoms with Crippen LogP contribution in [0.2, 0.25) is 0 Å². The van der Waals surface area contributed by atoms with E-state index in [0.29, 0.717) is 12.1 Å². The molecule has 0 saturated heterocycles. The first-order valence-electron chi connectivity index (χ1n) is 8.74. The van der Waals surface area contributed by atoms with Gasteiger partial charge in [-0.3, -0.25) is 0 Å². The van der Waals surface area contributed by atoms with Crippen molar-refractivity contribution in [3.63, 3.8) is 0 Å². The lowest BCUT2D eigenvalue weighted by Gasteiger charge is -2.29. The number of para-hydroxylation sites is 1. The number of fused-ring (bicyclic) bond motifs is 1. The number of hydrogen-bond acceptors (Lipinski definition) is 2. The number of rotatable bonds is 2. The maximum atomic E-state index is 6.01. The lowest BCUT2D eigenvalue weighted by atomic mass is 9.93. The topological polar surface area (TPSA) is 21.3 Å². The predicted octanol–water partition coefficient (Wildman–Crippen LogP) is 4.77. The molecule has 3 unspecified atom stereocenters. The molecule has 0 bridgehead atoms. The smallest absolute Gasteiger partial charge is 0.126 e. The van der Waals surface area contributed by atoms with Crippen molar-refractivity contribution in [3.8, 4) is 5.75 Å². The van der Waals surface area contributed by atoms with Crippen LogP contribution in [0.5, 0.6) is 5.75 Å². The average molecular weight is 287 g/mol. The van der Waals surface area contributed by atoms with Gasteiger partial charge in [0.25, 0.3) is 0 Å². The van der Waals surface area contributed by atoms with Gasteiger partial charge >= 0.3 is 0 Å². The van der Waals surface area contributed by atoms with Crippen LogP contribution in [0, 0.1) is 12.8 Å². The van der Waals surface area contributed by atoms with Gasteiger partial charge in [0.05, 0.1) is 6.61 Å². The molecule has 0 spiro atoms. The fraction of sp³-hybridized carbons (Fsp3) is 0.684. The van der Waals surface area contributed by atoms with Crippen molar-refractivity contribution in [2.45, 2.75) is 70.9 Å². The molecular formula is C19H29NO. The molecule has 1 aliphatic heterocycles. The number of benzene rings is 1. The van der Waals surface area contributed by atoms with Crippen LogP contribution in [0.4, 0.5) is 0 Å². The van der Waals surface area contributed by atoms with Gasteiger partial charge in [-0.05, 0) is 44.1 Å². The van der Waals surface area contributed by atoms with Crippen molar-refractivity contribution >= 4 is 0 Å². The minimum Gasteiger partial charge on any atom is -0.493 e. The zero-order valence-corrected chi connectivity index (χ0v) is 13.5. The van der Waals surface area contributed by atoms with Crippen LogP contribution in [0.25, 0.3) is 0 Å². The van der Waals surface area contributed by atoms with Crippen LogP contribution in [-0.2, 0) is 0 Å². The predicted molar refractivity (Wildman–Crippen MR) is 87.8 cm³/mol. The second kappa shape index (κ2) is 6.83. The zero-order chi connectivity index (χ0) is 14.7. The lowest BCUT2D eigenvalue weighted by Crippen LogP contribution is -2.37. The van der Waals surface area contributed by atoms with E-state index in [-0.39, 0.29) is 0 Å². The summed E-state index contributed by atoms with van der Waals surface area (Å²) in [5.41, 5.74) is 2.65. The van der Waals surface area contributed by atoms with E-state index in [0.717, 1.165) is 24.7 Å². The Kier molecular flexibility index (Phi) is 4.84. The van der Waals surface area contributed by atoms with Gasteiger partial charge in [-0.25, -0.2) is 0 Å². The minimum absolute atomic E-state index is 0.466. The molecule has 2 aliphatic rings. The molecule has 1 aliphatic carbocycles. The Hall–Kier alpha value is -1.02. The van der Waals surface area contributed by atoms with Gasteiger partial charge in [0.15, 0.2) is 0 Å². The van der Waals surface area contributed by atoms with E-state index in [1.807, 2.05) is 0 Å². The molecule has 3 rings (SSSR count). The number of aryl methyl sites for hydroxylation is 1. The van der Waals surface area contributed by atoms with E-state index in [9.17, 15) is 0 Å². The Labute approximate surface area is 129 Å². The van der Waals surface area contributed by atoms with E-state index >= 15 is 0 Å². The summed E-state index contributed by atoms with van der Waals surface area (Å²) in [4.78, 5) is 0. The zero-order valence-electron chi connectivity index (χ0n) is 13.5. The summed E-state index contributed by atoms with van der Waals surface area (Å²) in [5.74, 6) is 1.93. The Morgan fingerprint density at radius 1 is 1.05 bits per heavy atom. The summed E-state index contributed by atoms with van der Waals surface area (Å²) >= 11 is 0. The average Bonchev–Trinajstić information content (AvgIpc) is 2.80. The highest BCUT2D eigenvalue weighted by atomic mass is 16.5. The number of nitrogens with one attached hydrogen (secondary N) is 1. The van der Waals surface area contributed by atoms with Gasteiger partial charge in [-0.1, -0.05) is 44.4 Å². The molecule has 1 heterocycles. The van der Waals surface area contributed by atoms with Gasteiger partial charge in [0.2, 0.25) is 0 Å². The third-order valence-corrected chi connectivity index (χ3v) is 5.28. The van der Waals surface area contributed by atoms with Crippen molar-refractivity contribution in [2.75, 3.05) is 6.61 Å². The number of ether oxygens (including phenoxy) is 1. The molecule has 1 N–H and O–H groups in total. The van der Waals surface area contributed by atoms with Crippen LogP contribution in [0.3, 0.4) is 0 Å². The summed E-state index contributed by atoms with van der Waals surface area (Å²) in [6.45, 7) is 5.44. The largest absolute Gasteiger partial charge is 0.493 e. The second-order valence-electron chi connectivity index (χ2n) is 6.92. The van der Waals surface area contributed by atoms with E-state index in [1.165, 1.54) is 49.7 Å². The summed E-state index contributed by atoms with van der Waals surface area (Å²) < 4.78 is 6.01. The normalized spacial score (nSPS) is 29.9. The van der Waals surface area contributed by atoms with Gasteiger partial charge in [-0.2, -0.15) is 0 Å². The minimum atomic E-state index is 0.466. The molecule has 21 heavy (non-hydrogen) atoms. The Morgan fingerprint density at radius 2 is 1.90 bits per heavy atom. The monoisotopic (exact) mass is 287 g/mol. The molecule has 1 aromatic rings. The van der Waals surface area contributed by atoms with Gasteiger partial charge in [0.1, 0.15) is 5.75 Å². The van der Waals surface area contributed by atoms with E-state index in [4.69, 9.17) is 4.74 Å². The molecule has 0 radical (unpaired) electrons. The molecule has 0 amide bonds. The van der Waals surface area contributed by atoms with Crippen molar-refractivity contribution in [3.05, 3.63) is 29.3 Å². The van der Waals surface area contributed by atoms with Crippen LogP contribution in [0.1, 0.15) is 69.0 Å². The summed E-state index contributed by atoms with van der Waals surface area (Å²) in [5, 5.41) is 3.99. The van der Waals surface area contributed by atoms with Crippen LogP contribution in [0.15, 0.2) is 18.2 Å². The first-order chi connectivity index (χ1) is 10.3. The van der Waals surface area contributed by atoms with E-state index < -0.39 is 0 Å². The maximum absolute atomic E-state index is 6.01. The molecule has 0 aromatic heterocycles. The van der Waals surface area contributed by atoms with Gasteiger partial charge < -0.3 is 10.1 Å². The molecule has 3 atom stereocenters. The molecule has 2 heteroatoms. The van der Waals surface area contributed by atoms with Crippen molar-refractivity contribution in [1.29, 1.82) is 0 Å². The van der Waals surface area contributed by atoms with Crippen molar-refractivity contribution in [2.24, 2.45) is 5.92 Å². The third kappa shape index (κ3) is 3.42. The van der Waals surface area contributed by atoms with Crippen LogP contribution < -0.4 is 10.1 Å². The fourth-order valence-electron chi connectivity index (χ4n) is 3.94. The molecule has 1 saturated carbocycles. The molecule has 1 fully saturated rings. The number of hydrogen-bond donors (Lipinski definition) is 1. The first-order valence-corrected chi connectivity index (χ1v) is 8.74. The SMILES string of the molecule is Cc1cccc2c1OCCCC2NC1CCCCCC1C. The Morgan fingerprint density at radius 3 is 2.81 bits per heavy atom. The standard InChI is InChI=1S/C19H29NO/c1-14-8-4-3-5-11-17(14)20-18-12-7-13-21-19-15(2)9-6-10-16(18)19/h6,9-10,14,17-18,20H,3-5,7-8,11-13H2,1-2H3. The van der Waals surface area contributed by atoms with Crippen molar-refractivity contribution in [1.82, 2.24) is 5.32 Å². The van der Waals surface area contributed by atoms with E-state index in [2.05, 4.69) is 37.4 Å². The van der Waals surface area contributed by atoms with Crippen LogP contribution in [-0.4, -0.2) is 12.6 Å². The maximum Gasteiger partial charge on any atom is 0.126 e. The summed E-state index contributed by atoms with van der Waals surface area (Å²) in [6.07, 6.45) is 9.24. The van der Waals surface area contributed by atoms with E-state index in [1.54, 1.807) is 0 Å². The highest BCUT2D eigenvalue weighted by Crippen LogP contribution is 2.35. The van der Waals surface area contributed by atoms with Crippen molar-refractivity contribution < 1.29 is 4.74 Å². The summed E-state index contributed by atoms with van der Waals surface area (Å²) in [6, 6.07) is 7.73. The van der Waals surface area contributed by atoms with Gasteiger partial charge in [0, 0.05) is 17.6 Å². The van der Waals surface area contributed by atoms with Crippen LogP contribution >= 0.6 is 0 Å². The molecule has 116 valence electrons. The van der Waals surface area contributed by atoms with Gasteiger partial charge in [-0.15, -0.1) is 0 Å². The Balaban J connectivity index is 1.80. The third-order valence-electron chi connectivity index (χ3n) is 5.28. The molecule has 1 aromatic carbocycles. The quantitative estimate of drug-likeness (QED) is 0.791. The highest BCUT2D eigenvalue weighted by molar-refractivity contribution is 5.43. The first kappa shape index (κ1) is 14.9. The second-order valence-corrected chi connectivity index (χ2v) is 6.92. The Bertz CT molecular complexity index is 471. The fourth-order valence-corrected chi connectivity index (χ4v) is 3.94. The molecular weight excluding hydrogens is 258 g/mol. The lowest BCUT2D eigenvalue weighted by molar-refractivity contribution is 0.301. The summed E-state index contributed by atoms with van der Waals surface area (Å²) in [7, 11) is 0.